The van der Waals surface area contributed by atoms with Crippen LogP contribution < -0.4 is 5.32 Å². The summed E-state index contributed by atoms with van der Waals surface area (Å²) in [6, 6.07) is 19.7. The molecule has 6 heterocycles. The fraction of sp³-hybridized carbons (Fsp3) is 0.379. The Morgan fingerprint density at radius 3 is 2.73 bits per heavy atom. The topological polar surface area (TPSA) is 113 Å². The molecule has 4 saturated heterocycles. The van der Waals surface area contributed by atoms with Crippen LogP contribution in [0.4, 0.5) is 5.82 Å². The molecule has 4 aromatic rings. The molecular formula is C29H29N6O5P. The number of fused-ring (bicyclic) bond motifs is 4. The van der Waals surface area contributed by atoms with Crippen LogP contribution >= 0.6 is 8.53 Å². The Morgan fingerprint density at radius 2 is 1.90 bits per heavy atom. The summed E-state index contributed by atoms with van der Waals surface area (Å²) >= 11 is 0. The van der Waals surface area contributed by atoms with Crippen molar-refractivity contribution < 1.29 is 23.3 Å². The summed E-state index contributed by atoms with van der Waals surface area (Å²) in [5.74, 6) is 0.0639. The van der Waals surface area contributed by atoms with E-state index in [4.69, 9.17) is 18.5 Å². The van der Waals surface area contributed by atoms with Gasteiger partial charge in [-0.15, -0.1) is 0 Å². The molecule has 2 unspecified atom stereocenters. The van der Waals surface area contributed by atoms with Gasteiger partial charge in [0.1, 0.15) is 30.2 Å². The van der Waals surface area contributed by atoms with Crippen LogP contribution in [0.1, 0.15) is 48.0 Å². The molecule has 0 radical (unpaired) electrons. The van der Waals surface area contributed by atoms with Gasteiger partial charge in [-0.2, -0.15) is 0 Å². The number of nitrogens with one attached hydrogen (secondary N) is 1. The van der Waals surface area contributed by atoms with Gasteiger partial charge in [-0.05, 0) is 37.5 Å². The van der Waals surface area contributed by atoms with Crippen LogP contribution in [0.3, 0.4) is 0 Å². The lowest BCUT2D eigenvalue weighted by Crippen LogP contribution is -2.38. The van der Waals surface area contributed by atoms with Crippen molar-refractivity contribution in [2.75, 3.05) is 18.5 Å². The molecule has 210 valence electrons. The summed E-state index contributed by atoms with van der Waals surface area (Å²) in [6.07, 6.45) is 4.07. The van der Waals surface area contributed by atoms with Gasteiger partial charge in [-0.25, -0.2) is 19.6 Å². The average molecular weight is 573 g/mol. The number of carbonyl (C=O) groups is 1. The molecule has 11 nitrogen and oxygen atoms in total. The first-order valence-corrected chi connectivity index (χ1v) is 15.0. The first-order valence-electron chi connectivity index (χ1n) is 13.9. The van der Waals surface area contributed by atoms with E-state index in [0.29, 0.717) is 35.2 Å². The summed E-state index contributed by atoms with van der Waals surface area (Å²) in [4.78, 5) is 26.1. The maximum absolute atomic E-state index is 12.8. The highest BCUT2D eigenvalue weighted by Gasteiger charge is 2.63. The minimum absolute atomic E-state index is 0.00637. The highest BCUT2D eigenvalue weighted by atomic mass is 31.2. The standard InChI is InChI=1S/C29H29N6O5P/c1-29-15-37-23(24(29)40-41-35-14-8-13-20(35)22(39-41)18-9-4-2-5-10-18)28(38-29)34-17-32-21-25(30-16-31-26(21)34)33-27(36)19-11-6-3-7-12-19/h2-7,9-12,16-17,20,22-24,28H,8,13-15H2,1H3,(H,30,31,33,36)/t20-,22?,23-,24?,28+,29+,41+/m0/s1. The van der Waals surface area contributed by atoms with Gasteiger partial charge in [0, 0.05) is 18.2 Å². The van der Waals surface area contributed by atoms with Crippen LogP contribution in [-0.2, 0) is 18.5 Å². The molecule has 0 aliphatic carbocycles. The molecule has 2 bridgehead atoms. The molecule has 8 rings (SSSR count). The van der Waals surface area contributed by atoms with E-state index in [0.717, 1.165) is 19.4 Å². The van der Waals surface area contributed by atoms with Gasteiger partial charge in [0.15, 0.2) is 23.2 Å². The van der Waals surface area contributed by atoms with E-state index >= 15 is 0 Å². The second kappa shape index (κ2) is 9.90. The SMILES string of the molecule is C[C@@]12CO[C@@H](C1O[P@@]1OC(c3ccccc3)[C@@H]3CCCN31)[C@H](n1cnc3c(NC(=O)c4ccccc4)ncnc31)O2. The predicted octanol–water partition coefficient (Wildman–Crippen LogP) is 4.61. The van der Waals surface area contributed by atoms with Crippen molar-refractivity contribution in [1.29, 1.82) is 0 Å². The van der Waals surface area contributed by atoms with Crippen molar-refractivity contribution >= 4 is 31.4 Å². The van der Waals surface area contributed by atoms with E-state index in [1.165, 1.54) is 11.9 Å². The molecule has 4 fully saturated rings. The summed E-state index contributed by atoms with van der Waals surface area (Å²) in [5.41, 5.74) is 2.07. The number of hydrogen-bond acceptors (Lipinski definition) is 9. The van der Waals surface area contributed by atoms with Crippen LogP contribution in [0.25, 0.3) is 11.2 Å². The Hall–Kier alpha value is -3.31. The lowest BCUT2D eigenvalue weighted by molar-refractivity contribution is -0.164. The second-order valence-corrected chi connectivity index (χ2v) is 12.4. The Labute approximate surface area is 237 Å². The lowest BCUT2D eigenvalue weighted by atomic mass is 10.0. The van der Waals surface area contributed by atoms with Crippen molar-refractivity contribution in [3.63, 3.8) is 0 Å². The predicted molar refractivity (Wildman–Crippen MR) is 150 cm³/mol. The molecular weight excluding hydrogens is 543 g/mol. The summed E-state index contributed by atoms with van der Waals surface area (Å²) in [5, 5.41) is 2.86. The number of aromatic nitrogens is 4. The van der Waals surface area contributed by atoms with Crippen LogP contribution in [0.5, 0.6) is 0 Å². The van der Waals surface area contributed by atoms with Crippen LogP contribution in [0, 0.1) is 0 Å². The van der Waals surface area contributed by atoms with Gasteiger partial charge in [-0.3, -0.25) is 9.36 Å². The number of rotatable bonds is 6. The van der Waals surface area contributed by atoms with E-state index in [1.807, 2.05) is 35.8 Å². The minimum Gasteiger partial charge on any atom is -0.368 e. The van der Waals surface area contributed by atoms with Gasteiger partial charge in [0.05, 0.1) is 12.9 Å². The average Bonchev–Trinajstić information content (AvgIpc) is 3.81. The number of ether oxygens (including phenoxy) is 2. The first kappa shape index (κ1) is 25.4. The van der Waals surface area contributed by atoms with E-state index in [9.17, 15) is 4.79 Å². The van der Waals surface area contributed by atoms with Crippen molar-refractivity contribution in [2.24, 2.45) is 0 Å². The van der Waals surface area contributed by atoms with Gasteiger partial charge in [-0.1, -0.05) is 48.5 Å². The maximum atomic E-state index is 12.8. The van der Waals surface area contributed by atoms with Crippen LogP contribution in [-0.4, -0.2) is 67.1 Å². The first-order chi connectivity index (χ1) is 20.1. The van der Waals surface area contributed by atoms with E-state index in [1.54, 1.807) is 18.5 Å². The summed E-state index contributed by atoms with van der Waals surface area (Å²) in [6.45, 7) is 3.41. The molecule has 4 aliphatic heterocycles. The van der Waals surface area contributed by atoms with Crippen molar-refractivity contribution in [3.8, 4) is 0 Å². The fourth-order valence-corrected chi connectivity index (χ4v) is 8.43. The summed E-state index contributed by atoms with van der Waals surface area (Å²) in [7, 11) is -1.28. The molecule has 1 N–H and O–H groups in total. The minimum atomic E-state index is -1.28. The fourth-order valence-electron chi connectivity index (χ4n) is 6.36. The third-order valence-corrected chi connectivity index (χ3v) is 10.1. The quantitative estimate of drug-likeness (QED) is 0.331. The van der Waals surface area contributed by atoms with Gasteiger partial charge >= 0.3 is 0 Å². The highest BCUT2D eigenvalue weighted by molar-refractivity contribution is 7.45. The summed E-state index contributed by atoms with van der Waals surface area (Å²) < 4.78 is 30.5. The van der Waals surface area contributed by atoms with E-state index in [-0.39, 0.29) is 24.2 Å². The number of nitrogens with zero attached hydrogens (tertiary/aromatic N) is 5. The Bertz CT molecular complexity index is 1590. The zero-order valence-electron chi connectivity index (χ0n) is 22.4. The molecule has 2 aromatic carbocycles. The maximum Gasteiger partial charge on any atom is 0.260 e. The normalized spacial score (nSPS) is 32.5. The van der Waals surface area contributed by atoms with Gasteiger partial charge in [0.25, 0.3) is 14.4 Å². The smallest absolute Gasteiger partial charge is 0.260 e. The van der Waals surface area contributed by atoms with Gasteiger partial charge in [0.2, 0.25) is 0 Å². The molecule has 0 saturated carbocycles. The van der Waals surface area contributed by atoms with Crippen molar-refractivity contribution in [2.45, 2.75) is 55.9 Å². The third kappa shape index (κ3) is 4.19. The second-order valence-electron chi connectivity index (χ2n) is 11.0. The molecule has 0 spiro atoms. The van der Waals surface area contributed by atoms with Crippen molar-refractivity contribution in [1.82, 2.24) is 24.2 Å². The number of imidazole rings is 1. The monoisotopic (exact) mass is 572 g/mol. The highest BCUT2D eigenvalue weighted by Crippen LogP contribution is 2.63. The van der Waals surface area contributed by atoms with E-state index < -0.39 is 20.4 Å². The lowest BCUT2D eigenvalue weighted by Gasteiger charge is -2.29. The third-order valence-electron chi connectivity index (χ3n) is 8.40. The van der Waals surface area contributed by atoms with Crippen LogP contribution in [0.2, 0.25) is 0 Å². The van der Waals surface area contributed by atoms with Crippen LogP contribution in [0.15, 0.2) is 73.3 Å². The molecule has 4 aliphatic rings. The number of amides is 1. The van der Waals surface area contributed by atoms with Gasteiger partial charge < -0.3 is 23.8 Å². The number of benzene rings is 2. The Morgan fingerprint density at radius 1 is 1.10 bits per heavy atom. The number of hydrogen-bond donors (Lipinski definition) is 1. The zero-order chi connectivity index (χ0) is 27.6. The zero-order valence-corrected chi connectivity index (χ0v) is 23.3. The van der Waals surface area contributed by atoms with E-state index in [2.05, 4.69) is 49.2 Å². The largest absolute Gasteiger partial charge is 0.368 e. The molecule has 2 aromatic heterocycles. The molecule has 1 amide bonds. The molecule has 12 heteroatoms. The molecule has 41 heavy (non-hydrogen) atoms. The Kier molecular flexibility index (Phi) is 6.14. The molecule has 7 atom stereocenters. The Balaban J connectivity index is 1.04. The van der Waals surface area contributed by atoms with Crippen molar-refractivity contribution in [3.05, 3.63) is 84.4 Å². The number of anilines is 1. The number of carbonyl (C=O) groups excluding carboxylic acids is 1.